The molecule has 0 bridgehead atoms. The zero-order chi connectivity index (χ0) is 16.2. The van der Waals surface area contributed by atoms with Crippen LogP contribution in [0.4, 0.5) is 0 Å². The molecule has 1 saturated heterocycles. The van der Waals surface area contributed by atoms with Gasteiger partial charge >= 0.3 is 0 Å². The molecule has 2 aromatic rings. The van der Waals surface area contributed by atoms with E-state index in [0.29, 0.717) is 24.2 Å². The number of hydrogen-bond donors (Lipinski definition) is 1. The first-order valence-electron chi connectivity index (χ1n) is 8.24. The van der Waals surface area contributed by atoms with Gasteiger partial charge in [-0.2, -0.15) is 0 Å². The van der Waals surface area contributed by atoms with Crippen molar-refractivity contribution in [3.05, 3.63) is 40.8 Å². The number of aromatic amines is 1. The molecule has 1 fully saturated rings. The molecule has 2 atom stereocenters. The van der Waals surface area contributed by atoms with Crippen LogP contribution in [0.5, 0.6) is 5.75 Å². The average molecular weight is 316 g/mol. The summed E-state index contributed by atoms with van der Waals surface area (Å²) >= 11 is 0. The van der Waals surface area contributed by atoms with Gasteiger partial charge in [0.1, 0.15) is 5.75 Å². The van der Waals surface area contributed by atoms with Crippen molar-refractivity contribution >= 4 is 10.8 Å². The molecule has 5 nitrogen and oxygen atoms in total. The molecule has 3 rings (SSSR count). The smallest absolute Gasteiger partial charge is 0.255 e. The standard InChI is InChI=1S/C18H24N2O3/c1-13-11-20(12-14(2)23-13)8-3-9-22-16-5-4-15-6-7-19-18(21)17(15)10-16/h4-7,10,13-14H,3,8-9,11-12H2,1-2H3,(H,19,21)/t13-,14+. The molecule has 0 radical (unpaired) electrons. The van der Waals surface area contributed by atoms with Crippen LogP contribution in [-0.2, 0) is 4.74 Å². The number of hydrogen-bond acceptors (Lipinski definition) is 4. The highest BCUT2D eigenvalue weighted by Gasteiger charge is 2.21. The number of ether oxygens (including phenoxy) is 2. The third-order valence-corrected chi connectivity index (χ3v) is 4.13. The van der Waals surface area contributed by atoms with Crippen molar-refractivity contribution < 1.29 is 9.47 Å². The first-order valence-corrected chi connectivity index (χ1v) is 8.24. The summed E-state index contributed by atoms with van der Waals surface area (Å²) in [5.41, 5.74) is -0.0794. The van der Waals surface area contributed by atoms with Crippen molar-refractivity contribution in [3.63, 3.8) is 0 Å². The first kappa shape index (κ1) is 16.0. The zero-order valence-corrected chi connectivity index (χ0v) is 13.7. The minimum absolute atomic E-state index is 0.0794. The van der Waals surface area contributed by atoms with E-state index in [1.54, 1.807) is 6.20 Å². The summed E-state index contributed by atoms with van der Waals surface area (Å²) in [4.78, 5) is 16.9. The van der Waals surface area contributed by atoms with Crippen LogP contribution in [0.15, 0.2) is 35.3 Å². The molecule has 0 saturated carbocycles. The van der Waals surface area contributed by atoms with E-state index in [1.165, 1.54) is 0 Å². The minimum Gasteiger partial charge on any atom is -0.494 e. The molecule has 0 spiro atoms. The van der Waals surface area contributed by atoms with Crippen LogP contribution in [0.1, 0.15) is 20.3 Å². The summed E-state index contributed by atoms with van der Waals surface area (Å²) in [5.74, 6) is 0.748. The molecule has 0 amide bonds. The fourth-order valence-corrected chi connectivity index (χ4v) is 3.20. The van der Waals surface area contributed by atoms with Crippen LogP contribution in [0.25, 0.3) is 10.8 Å². The molecule has 0 unspecified atom stereocenters. The number of nitrogens with one attached hydrogen (secondary N) is 1. The summed E-state index contributed by atoms with van der Waals surface area (Å²) in [6, 6.07) is 7.54. The maximum atomic E-state index is 11.8. The second-order valence-corrected chi connectivity index (χ2v) is 6.27. The number of rotatable bonds is 5. The summed E-state index contributed by atoms with van der Waals surface area (Å²) in [7, 11) is 0. The normalized spacial score (nSPS) is 22.3. The average Bonchev–Trinajstić information content (AvgIpc) is 2.51. The lowest BCUT2D eigenvalue weighted by atomic mass is 10.2. The highest BCUT2D eigenvalue weighted by atomic mass is 16.5. The Bertz CT molecular complexity index is 703. The lowest BCUT2D eigenvalue weighted by molar-refractivity contribution is -0.0686. The van der Waals surface area contributed by atoms with E-state index in [0.717, 1.165) is 37.2 Å². The number of pyridine rings is 1. The predicted octanol–water partition coefficient (Wildman–Crippen LogP) is 2.41. The maximum Gasteiger partial charge on any atom is 0.255 e. The summed E-state index contributed by atoms with van der Waals surface area (Å²) < 4.78 is 11.5. The minimum atomic E-state index is -0.0794. The van der Waals surface area contributed by atoms with Crippen molar-refractivity contribution in [2.24, 2.45) is 0 Å². The largest absolute Gasteiger partial charge is 0.494 e. The Hall–Kier alpha value is -1.85. The van der Waals surface area contributed by atoms with Crippen LogP contribution in [0.2, 0.25) is 0 Å². The first-order chi connectivity index (χ1) is 11.1. The number of H-pyrrole nitrogens is 1. The van der Waals surface area contributed by atoms with Gasteiger partial charge in [-0.05, 0) is 43.9 Å². The molecule has 1 aromatic carbocycles. The lowest BCUT2D eigenvalue weighted by Gasteiger charge is -2.35. The van der Waals surface area contributed by atoms with Crippen LogP contribution in [-0.4, -0.2) is 48.3 Å². The number of benzene rings is 1. The van der Waals surface area contributed by atoms with E-state index in [1.807, 2.05) is 24.3 Å². The zero-order valence-electron chi connectivity index (χ0n) is 13.7. The van der Waals surface area contributed by atoms with Crippen LogP contribution >= 0.6 is 0 Å². The van der Waals surface area contributed by atoms with Crippen molar-refractivity contribution in [2.75, 3.05) is 26.2 Å². The van der Waals surface area contributed by atoms with Gasteiger partial charge in [0.05, 0.1) is 24.2 Å². The fraction of sp³-hybridized carbons (Fsp3) is 0.500. The third-order valence-electron chi connectivity index (χ3n) is 4.13. The number of morpholine rings is 1. The Balaban J connectivity index is 1.51. The van der Waals surface area contributed by atoms with Gasteiger partial charge in [0.15, 0.2) is 0 Å². The lowest BCUT2D eigenvalue weighted by Crippen LogP contribution is -2.45. The predicted molar refractivity (Wildman–Crippen MR) is 91.1 cm³/mol. The van der Waals surface area contributed by atoms with Gasteiger partial charge in [-0.1, -0.05) is 6.07 Å². The summed E-state index contributed by atoms with van der Waals surface area (Å²) in [6.07, 6.45) is 3.22. The van der Waals surface area contributed by atoms with E-state index < -0.39 is 0 Å². The monoisotopic (exact) mass is 316 g/mol. The van der Waals surface area contributed by atoms with E-state index >= 15 is 0 Å². The van der Waals surface area contributed by atoms with Gasteiger partial charge in [0.25, 0.3) is 5.56 Å². The van der Waals surface area contributed by atoms with E-state index in [2.05, 4.69) is 23.7 Å². The van der Waals surface area contributed by atoms with E-state index in [-0.39, 0.29) is 5.56 Å². The number of aromatic nitrogens is 1. The Morgan fingerprint density at radius 2 is 2.04 bits per heavy atom. The van der Waals surface area contributed by atoms with Crippen molar-refractivity contribution in [1.82, 2.24) is 9.88 Å². The van der Waals surface area contributed by atoms with Crippen molar-refractivity contribution in [2.45, 2.75) is 32.5 Å². The van der Waals surface area contributed by atoms with Gasteiger partial charge in [-0.15, -0.1) is 0 Å². The second-order valence-electron chi connectivity index (χ2n) is 6.27. The van der Waals surface area contributed by atoms with Crippen molar-refractivity contribution in [3.8, 4) is 5.75 Å². The molecular weight excluding hydrogens is 292 g/mol. The Kier molecular flexibility index (Phi) is 4.98. The van der Waals surface area contributed by atoms with Crippen LogP contribution in [0, 0.1) is 0 Å². The molecule has 2 heterocycles. The van der Waals surface area contributed by atoms with Gasteiger partial charge in [-0.3, -0.25) is 9.69 Å². The Morgan fingerprint density at radius 3 is 2.83 bits per heavy atom. The highest BCUT2D eigenvalue weighted by Crippen LogP contribution is 2.18. The Morgan fingerprint density at radius 1 is 1.26 bits per heavy atom. The SMILES string of the molecule is C[C@@H]1CN(CCCOc2ccc3cc[nH]c(=O)c3c2)C[C@H](C)O1. The fourth-order valence-electron chi connectivity index (χ4n) is 3.20. The molecule has 1 aromatic heterocycles. The molecule has 5 heteroatoms. The third kappa shape index (κ3) is 4.12. The molecular formula is C18H24N2O3. The van der Waals surface area contributed by atoms with Crippen LogP contribution < -0.4 is 10.3 Å². The molecule has 23 heavy (non-hydrogen) atoms. The summed E-state index contributed by atoms with van der Waals surface area (Å²) in [5, 5.41) is 1.60. The highest BCUT2D eigenvalue weighted by molar-refractivity contribution is 5.82. The van der Waals surface area contributed by atoms with Crippen LogP contribution in [0.3, 0.4) is 0 Å². The van der Waals surface area contributed by atoms with E-state index in [9.17, 15) is 4.79 Å². The molecule has 1 aliphatic heterocycles. The van der Waals surface area contributed by atoms with Gasteiger partial charge in [0, 0.05) is 25.8 Å². The number of fused-ring (bicyclic) bond motifs is 1. The van der Waals surface area contributed by atoms with Crippen molar-refractivity contribution in [1.29, 1.82) is 0 Å². The van der Waals surface area contributed by atoms with Gasteiger partial charge < -0.3 is 14.5 Å². The summed E-state index contributed by atoms with van der Waals surface area (Å²) in [6.45, 7) is 7.85. The molecule has 0 aliphatic carbocycles. The molecule has 1 N–H and O–H groups in total. The van der Waals surface area contributed by atoms with Gasteiger partial charge in [0.2, 0.25) is 0 Å². The molecule has 1 aliphatic rings. The van der Waals surface area contributed by atoms with Gasteiger partial charge in [-0.25, -0.2) is 0 Å². The topological polar surface area (TPSA) is 54.6 Å². The molecule has 124 valence electrons. The number of nitrogens with zero attached hydrogens (tertiary/aromatic N) is 1. The second kappa shape index (κ2) is 7.15. The Labute approximate surface area is 136 Å². The maximum absolute atomic E-state index is 11.8. The van der Waals surface area contributed by atoms with E-state index in [4.69, 9.17) is 9.47 Å². The quantitative estimate of drug-likeness (QED) is 0.861.